The van der Waals surface area contributed by atoms with Crippen molar-refractivity contribution in [2.75, 3.05) is 13.2 Å². The molecule has 0 aliphatic carbocycles. The topological polar surface area (TPSA) is 101 Å². The van der Waals surface area contributed by atoms with E-state index in [1.807, 2.05) is 91.0 Å². The smallest absolute Gasteiger partial charge is 0.330 e. The third kappa shape index (κ3) is 12.4. The van der Waals surface area contributed by atoms with Gasteiger partial charge in [-0.2, -0.15) is 0 Å². The zero-order valence-corrected chi connectivity index (χ0v) is 24.6. The Kier molecular flexibility index (Phi) is 14.9. The number of hydrogen-bond donors (Lipinski definition) is 1. The normalized spacial score (nSPS) is 14.3. The Morgan fingerprint density at radius 1 is 0.605 bits per heavy atom. The molecule has 0 aromatic heterocycles. The molecule has 8 heteroatoms. The van der Waals surface area contributed by atoms with Crippen molar-refractivity contribution in [1.29, 1.82) is 0 Å². The van der Waals surface area contributed by atoms with Gasteiger partial charge in [-0.15, -0.1) is 0 Å². The minimum atomic E-state index is -1.30. The quantitative estimate of drug-likeness (QED) is 0.157. The molecule has 0 aliphatic heterocycles. The van der Waals surface area contributed by atoms with Crippen LogP contribution in [0.4, 0.5) is 0 Å². The Hall–Kier alpha value is -4.08. The molecule has 0 bridgehead atoms. The van der Waals surface area contributed by atoms with E-state index in [9.17, 15) is 14.7 Å². The van der Waals surface area contributed by atoms with Crippen LogP contribution in [0.1, 0.15) is 30.5 Å². The molecule has 0 aliphatic rings. The van der Waals surface area contributed by atoms with Crippen LogP contribution in [-0.4, -0.2) is 54.7 Å². The lowest BCUT2D eigenvalue weighted by atomic mass is 10.0. The summed E-state index contributed by atoms with van der Waals surface area (Å²) in [5.74, 6) is -1.13. The first-order valence-corrected chi connectivity index (χ1v) is 14.3. The molecule has 0 unspecified atom stereocenters. The monoisotopic (exact) mass is 588 g/mol. The largest absolute Gasteiger partial charge is 0.463 e. The highest BCUT2D eigenvalue weighted by atomic mass is 16.6. The molecule has 0 spiro atoms. The summed E-state index contributed by atoms with van der Waals surface area (Å²) in [6.07, 6.45) is 1.20. The zero-order chi connectivity index (χ0) is 30.7. The number of esters is 2. The van der Waals surface area contributed by atoms with Gasteiger partial charge < -0.3 is 28.8 Å². The van der Waals surface area contributed by atoms with Gasteiger partial charge in [-0.3, -0.25) is 0 Å². The predicted molar refractivity (Wildman–Crippen MR) is 163 cm³/mol. The van der Waals surface area contributed by atoms with Crippen molar-refractivity contribution in [3.8, 4) is 0 Å². The van der Waals surface area contributed by atoms with Gasteiger partial charge in [0.15, 0.2) is 0 Å². The lowest BCUT2D eigenvalue weighted by molar-refractivity contribution is -0.161. The van der Waals surface area contributed by atoms with Crippen LogP contribution in [0.3, 0.4) is 0 Å². The van der Waals surface area contributed by atoms with Crippen LogP contribution in [0, 0.1) is 0 Å². The highest BCUT2D eigenvalue weighted by molar-refractivity contribution is 5.82. The Morgan fingerprint density at radius 3 is 1.44 bits per heavy atom. The Bertz CT molecular complexity index is 1260. The molecular formula is C35H40O8. The summed E-state index contributed by atoms with van der Waals surface area (Å²) < 4.78 is 29.2. The molecule has 0 radical (unpaired) electrons. The van der Waals surface area contributed by atoms with E-state index >= 15 is 0 Å². The maximum atomic E-state index is 12.3. The van der Waals surface area contributed by atoms with Crippen molar-refractivity contribution in [3.05, 3.63) is 132 Å². The fourth-order valence-electron chi connectivity index (χ4n) is 4.17. The molecule has 0 heterocycles. The summed E-state index contributed by atoms with van der Waals surface area (Å²) >= 11 is 0. The molecule has 3 rings (SSSR count). The average molecular weight is 589 g/mol. The number of hydrogen-bond acceptors (Lipinski definition) is 8. The second-order valence-electron chi connectivity index (χ2n) is 9.50. The lowest BCUT2D eigenvalue weighted by Gasteiger charge is -2.34. The Morgan fingerprint density at radius 2 is 1.00 bits per heavy atom. The van der Waals surface area contributed by atoms with Crippen molar-refractivity contribution in [2.24, 2.45) is 0 Å². The minimum absolute atomic E-state index is 0.147. The molecule has 3 aromatic rings. The first-order chi connectivity index (χ1) is 21.0. The summed E-state index contributed by atoms with van der Waals surface area (Å²) in [6.45, 7) is 4.35. The predicted octanol–water partition coefficient (Wildman–Crippen LogP) is 5.34. The van der Waals surface area contributed by atoms with E-state index in [1.54, 1.807) is 19.9 Å². The van der Waals surface area contributed by atoms with Crippen LogP contribution in [0.2, 0.25) is 0 Å². The van der Waals surface area contributed by atoms with Gasteiger partial charge in [0.25, 0.3) is 0 Å². The molecule has 1 N–H and O–H groups in total. The number of benzene rings is 3. The summed E-state index contributed by atoms with van der Waals surface area (Å²) in [4.78, 5) is 24.4. The molecular weight excluding hydrogens is 548 g/mol. The van der Waals surface area contributed by atoms with Crippen molar-refractivity contribution < 1.29 is 38.4 Å². The molecule has 4 atom stereocenters. The molecule has 0 saturated heterocycles. The standard InChI is InChI=1S/C35H40O8/c1-3-39-32(37)22-20-30(36)34(42-25-28-16-10-6-11-17-28)35(43-26-29-18-12-7-13-19-29)31(21-23-33(38)40-4-2)41-24-27-14-8-5-9-15-27/h5-23,30-31,34-36H,3-4,24-26H2,1-2H3/b22-20+,23-21+/t30-,31-,34+,35-/m0/s1. The summed E-state index contributed by atoms with van der Waals surface area (Å²) in [6, 6.07) is 28.6. The Balaban J connectivity index is 1.99. The Labute approximate surface area is 253 Å². The maximum Gasteiger partial charge on any atom is 0.330 e. The highest BCUT2D eigenvalue weighted by Gasteiger charge is 2.35. The van der Waals surface area contributed by atoms with Crippen LogP contribution in [0.25, 0.3) is 0 Å². The van der Waals surface area contributed by atoms with Crippen LogP contribution in [0.15, 0.2) is 115 Å². The van der Waals surface area contributed by atoms with Crippen LogP contribution in [0.5, 0.6) is 0 Å². The number of carbonyl (C=O) groups excluding carboxylic acids is 2. The van der Waals surface area contributed by atoms with E-state index in [2.05, 4.69) is 0 Å². The van der Waals surface area contributed by atoms with E-state index in [4.69, 9.17) is 23.7 Å². The number of aliphatic hydroxyl groups is 1. The van der Waals surface area contributed by atoms with Crippen molar-refractivity contribution in [1.82, 2.24) is 0 Å². The fourth-order valence-corrected chi connectivity index (χ4v) is 4.17. The van der Waals surface area contributed by atoms with Gasteiger partial charge in [0, 0.05) is 12.2 Å². The summed E-state index contributed by atoms with van der Waals surface area (Å²) in [7, 11) is 0. The number of ether oxygens (including phenoxy) is 5. The molecule has 8 nitrogen and oxygen atoms in total. The number of carbonyl (C=O) groups is 2. The second-order valence-corrected chi connectivity index (χ2v) is 9.50. The van der Waals surface area contributed by atoms with Gasteiger partial charge in [0.2, 0.25) is 0 Å². The number of aliphatic hydroxyl groups excluding tert-OH is 1. The lowest BCUT2D eigenvalue weighted by Crippen LogP contribution is -2.47. The van der Waals surface area contributed by atoms with Crippen LogP contribution in [-0.2, 0) is 53.1 Å². The van der Waals surface area contributed by atoms with E-state index in [1.165, 1.54) is 12.2 Å². The van der Waals surface area contributed by atoms with Crippen molar-refractivity contribution >= 4 is 11.9 Å². The van der Waals surface area contributed by atoms with Gasteiger partial charge in [-0.1, -0.05) is 91.0 Å². The van der Waals surface area contributed by atoms with Gasteiger partial charge >= 0.3 is 11.9 Å². The maximum absolute atomic E-state index is 12.3. The van der Waals surface area contributed by atoms with Gasteiger partial charge in [0.05, 0.1) is 33.0 Å². The van der Waals surface area contributed by atoms with Crippen molar-refractivity contribution in [2.45, 2.75) is 58.1 Å². The highest BCUT2D eigenvalue weighted by Crippen LogP contribution is 2.22. The first kappa shape index (κ1) is 33.4. The number of rotatable bonds is 18. The van der Waals surface area contributed by atoms with Gasteiger partial charge in [-0.25, -0.2) is 9.59 Å². The van der Waals surface area contributed by atoms with E-state index in [0.29, 0.717) is 0 Å². The SMILES string of the molecule is CCOC(=O)/C=C/[C@H](OCc1ccccc1)[C@H](OCc1ccccc1)[C@H](OCc1ccccc1)[C@@H](O)/C=C/C(=O)OCC. The second kappa shape index (κ2) is 19.2. The molecule has 3 aromatic carbocycles. The van der Waals surface area contributed by atoms with Crippen LogP contribution < -0.4 is 0 Å². The zero-order valence-electron chi connectivity index (χ0n) is 24.6. The van der Waals surface area contributed by atoms with E-state index < -0.39 is 36.4 Å². The van der Waals surface area contributed by atoms with E-state index in [0.717, 1.165) is 22.8 Å². The molecule has 0 saturated carbocycles. The minimum Gasteiger partial charge on any atom is -0.463 e. The average Bonchev–Trinajstić information content (AvgIpc) is 3.03. The third-order valence-corrected chi connectivity index (χ3v) is 6.26. The molecule has 43 heavy (non-hydrogen) atoms. The summed E-state index contributed by atoms with van der Waals surface area (Å²) in [5, 5.41) is 11.4. The molecule has 0 amide bonds. The summed E-state index contributed by atoms with van der Waals surface area (Å²) in [5.41, 5.74) is 2.67. The molecule has 228 valence electrons. The fraction of sp³-hybridized carbons (Fsp3) is 0.314. The van der Waals surface area contributed by atoms with Crippen molar-refractivity contribution in [3.63, 3.8) is 0 Å². The van der Waals surface area contributed by atoms with Crippen LogP contribution >= 0.6 is 0 Å². The third-order valence-electron chi connectivity index (χ3n) is 6.26. The first-order valence-electron chi connectivity index (χ1n) is 14.3. The van der Waals surface area contributed by atoms with Gasteiger partial charge in [0.1, 0.15) is 24.4 Å². The molecule has 0 fully saturated rings. The van der Waals surface area contributed by atoms with Gasteiger partial charge in [-0.05, 0) is 42.7 Å². The van der Waals surface area contributed by atoms with E-state index in [-0.39, 0.29) is 33.0 Å².